The maximum absolute atomic E-state index is 9.00. The summed E-state index contributed by atoms with van der Waals surface area (Å²) >= 11 is 0. The molecule has 1 heteroatoms. The third kappa shape index (κ3) is 2.21. The second-order valence-corrected chi connectivity index (χ2v) is 4.41. The van der Waals surface area contributed by atoms with E-state index in [9.17, 15) is 0 Å². The van der Waals surface area contributed by atoms with E-state index in [1.54, 1.807) is 0 Å². The first-order chi connectivity index (χ1) is 7.07. The lowest BCUT2D eigenvalue weighted by Crippen LogP contribution is -2.19. The lowest BCUT2D eigenvalue weighted by Gasteiger charge is -2.27. The van der Waals surface area contributed by atoms with Crippen LogP contribution in [0, 0.1) is 18.3 Å². The molecule has 0 aliphatic heterocycles. The van der Waals surface area contributed by atoms with Gasteiger partial charge in [0.25, 0.3) is 0 Å². The molecule has 0 aromatic heterocycles. The first-order valence-corrected chi connectivity index (χ1v) is 5.58. The summed E-state index contributed by atoms with van der Waals surface area (Å²) in [7, 11) is 0. The largest absolute Gasteiger partial charge is 0.192 e. The van der Waals surface area contributed by atoms with Gasteiger partial charge in [-0.05, 0) is 42.4 Å². The van der Waals surface area contributed by atoms with Crippen molar-refractivity contribution in [2.45, 2.75) is 46.0 Å². The Balaban J connectivity index is 3.22. The number of hydrogen-bond donors (Lipinski definition) is 0. The predicted molar refractivity (Wildman–Crippen MR) is 63.8 cm³/mol. The molecule has 0 saturated carbocycles. The number of benzene rings is 1. The highest BCUT2D eigenvalue weighted by atomic mass is 14.3. The third-order valence-corrected chi connectivity index (χ3v) is 3.62. The molecule has 1 nitrogen and oxygen atoms in total. The SMILES string of the molecule is CCC(C)(CC)c1ccc(C)c(C#N)c1. The zero-order valence-corrected chi connectivity index (χ0v) is 10.1. The van der Waals surface area contributed by atoms with Gasteiger partial charge in [0, 0.05) is 0 Å². The van der Waals surface area contributed by atoms with Crippen LogP contribution in [0.5, 0.6) is 0 Å². The molecule has 0 spiro atoms. The average molecular weight is 201 g/mol. The summed E-state index contributed by atoms with van der Waals surface area (Å²) in [4.78, 5) is 0. The highest BCUT2D eigenvalue weighted by molar-refractivity contribution is 5.42. The van der Waals surface area contributed by atoms with Gasteiger partial charge in [-0.1, -0.05) is 32.9 Å². The summed E-state index contributed by atoms with van der Waals surface area (Å²) < 4.78 is 0. The van der Waals surface area contributed by atoms with Crippen molar-refractivity contribution in [2.75, 3.05) is 0 Å². The van der Waals surface area contributed by atoms with E-state index < -0.39 is 0 Å². The Kier molecular flexibility index (Phi) is 3.52. The van der Waals surface area contributed by atoms with E-state index in [1.807, 2.05) is 13.0 Å². The average Bonchev–Trinajstić information content (AvgIpc) is 2.28. The van der Waals surface area contributed by atoms with Crippen molar-refractivity contribution in [3.63, 3.8) is 0 Å². The maximum Gasteiger partial charge on any atom is 0.0994 e. The predicted octanol–water partition coefficient (Wildman–Crippen LogP) is 3.94. The summed E-state index contributed by atoms with van der Waals surface area (Å²) in [5.41, 5.74) is 3.37. The second-order valence-electron chi connectivity index (χ2n) is 4.41. The molecule has 0 amide bonds. The van der Waals surface area contributed by atoms with Crippen LogP contribution in [0.1, 0.15) is 50.3 Å². The van der Waals surface area contributed by atoms with Crippen LogP contribution in [0.3, 0.4) is 0 Å². The first kappa shape index (κ1) is 11.8. The molecule has 0 heterocycles. The minimum atomic E-state index is 0.208. The summed E-state index contributed by atoms with van der Waals surface area (Å²) in [5.74, 6) is 0. The van der Waals surface area contributed by atoms with Crippen LogP contribution in [-0.4, -0.2) is 0 Å². The molecule has 0 atom stereocenters. The Hall–Kier alpha value is -1.29. The Morgan fingerprint density at radius 3 is 2.33 bits per heavy atom. The molecule has 0 aliphatic carbocycles. The molecule has 0 fully saturated rings. The third-order valence-electron chi connectivity index (χ3n) is 3.62. The van der Waals surface area contributed by atoms with Gasteiger partial charge in [-0.2, -0.15) is 5.26 Å². The fraction of sp³-hybridized carbons (Fsp3) is 0.500. The summed E-state index contributed by atoms with van der Waals surface area (Å²) in [5, 5.41) is 9.00. The van der Waals surface area contributed by atoms with Crippen LogP contribution < -0.4 is 0 Å². The van der Waals surface area contributed by atoms with Crippen molar-refractivity contribution in [2.24, 2.45) is 0 Å². The number of nitriles is 1. The van der Waals surface area contributed by atoms with E-state index in [4.69, 9.17) is 5.26 Å². The molecular formula is C14H19N. The molecule has 0 bridgehead atoms. The molecule has 0 N–H and O–H groups in total. The van der Waals surface area contributed by atoms with Gasteiger partial charge >= 0.3 is 0 Å². The molecular weight excluding hydrogens is 182 g/mol. The number of rotatable bonds is 3. The van der Waals surface area contributed by atoms with E-state index in [0.717, 1.165) is 24.0 Å². The van der Waals surface area contributed by atoms with Crippen molar-refractivity contribution >= 4 is 0 Å². The maximum atomic E-state index is 9.00. The van der Waals surface area contributed by atoms with Crippen molar-refractivity contribution in [3.05, 3.63) is 34.9 Å². The zero-order chi connectivity index (χ0) is 11.5. The fourth-order valence-corrected chi connectivity index (χ4v) is 1.78. The summed E-state index contributed by atoms with van der Waals surface area (Å²) in [6.45, 7) is 8.65. The molecule has 0 unspecified atom stereocenters. The minimum Gasteiger partial charge on any atom is -0.192 e. The van der Waals surface area contributed by atoms with Gasteiger partial charge in [-0.15, -0.1) is 0 Å². The quantitative estimate of drug-likeness (QED) is 0.726. The Labute approximate surface area is 92.7 Å². The number of hydrogen-bond acceptors (Lipinski definition) is 1. The topological polar surface area (TPSA) is 23.8 Å². The number of aryl methyl sites for hydroxylation is 1. The van der Waals surface area contributed by atoms with Gasteiger partial charge in [0.15, 0.2) is 0 Å². The van der Waals surface area contributed by atoms with Crippen LogP contribution >= 0.6 is 0 Å². The summed E-state index contributed by atoms with van der Waals surface area (Å²) in [6, 6.07) is 8.51. The van der Waals surface area contributed by atoms with Crippen molar-refractivity contribution < 1.29 is 0 Å². The second kappa shape index (κ2) is 4.49. The molecule has 0 aliphatic rings. The molecule has 1 aromatic rings. The molecule has 0 saturated heterocycles. The zero-order valence-electron chi connectivity index (χ0n) is 10.1. The molecule has 1 aromatic carbocycles. The van der Waals surface area contributed by atoms with Gasteiger partial charge in [0.1, 0.15) is 0 Å². The van der Waals surface area contributed by atoms with E-state index >= 15 is 0 Å². The van der Waals surface area contributed by atoms with Crippen LogP contribution in [-0.2, 0) is 5.41 Å². The van der Waals surface area contributed by atoms with E-state index in [-0.39, 0.29) is 5.41 Å². The summed E-state index contributed by atoms with van der Waals surface area (Å²) in [6.07, 6.45) is 2.22. The van der Waals surface area contributed by atoms with Crippen molar-refractivity contribution in [1.29, 1.82) is 5.26 Å². The van der Waals surface area contributed by atoms with Gasteiger partial charge < -0.3 is 0 Å². The smallest absolute Gasteiger partial charge is 0.0994 e. The van der Waals surface area contributed by atoms with Gasteiger partial charge in [-0.3, -0.25) is 0 Å². The highest BCUT2D eigenvalue weighted by Gasteiger charge is 2.22. The molecule has 80 valence electrons. The van der Waals surface area contributed by atoms with E-state index in [0.29, 0.717) is 0 Å². The number of nitrogens with zero attached hydrogens (tertiary/aromatic N) is 1. The van der Waals surface area contributed by atoms with Gasteiger partial charge in [-0.25, -0.2) is 0 Å². The van der Waals surface area contributed by atoms with Gasteiger partial charge in [0.2, 0.25) is 0 Å². The van der Waals surface area contributed by atoms with Crippen LogP contribution in [0.25, 0.3) is 0 Å². The lowest BCUT2D eigenvalue weighted by molar-refractivity contribution is 0.439. The molecule has 15 heavy (non-hydrogen) atoms. The Morgan fingerprint density at radius 1 is 1.27 bits per heavy atom. The van der Waals surface area contributed by atoms with Crippen molar-refractivity contribution in [3.8, 4) is 6.07 Å². The Bertz CT molecular complexity index is 381. The first-order valence-electron chi connectivity index (χ1n) is 5.58. The Morgan fingerprint density at radius 2 is 1.87 bits per heavy atom. The minimum absolute atomic E-state index is 0.208. The van der Waals surface area contributed by atoms with E-state index in [1.165, 1.54) is 5.56 Å². The standard InChI is InChI=1S/C14H19N/c1-5-14(4,6-2)13-8-7-11(3)12(9-13)10-15/h7-9H,5-6H2,1-4H3. The van der Waals surface area contributed by atoms with Gasteiger partial charge in [0.05, 0.1) is 11.6 Å². The fourth-order valence-electron chi connectivity index (χ4n) is 1.78. The normalized spacial score (nSPS) is 11.1. The monoisotopic (exact) mass is 201 g/mol. The van der Waals surface area contributed by atoms with Crippen LogP contribution in [0.4, 0.5) is 0 Å². The van der Waals surface area contributed by atoms with E-state index in [2.05, 4.69) is 39.0 Å². The molecule has 1 rings (SSSR count). The van der Waals surface area contributed by atoms with Crippen LogP contribution in [0.15, 0.2) is 18.2 Å². The highest BCUT2D eigenvalue weighted by Crippen LogP contribution is 2.31. The van der Waals surface area contributed by atoms with Crippen molar-refractivity contribution in [1.82, 2.24) is 0 Å². The lowest BCUT2D eigenvalue weighted by atomic mass is 9.77. The van der Waals surface area contributed by atoms with Crippen LogP contribution in [0.2, 0.25) is 0 Å². The molecule has 0 radical (unpaired) electrons.